The van der Waals surface area contributed by atoms with Crippen molar-refractivity contribution in [2.45, 2.75) is 12.8 Å². The molecule has 2 aromatic rings. The molecule has 4 heteroatoms. The molecule has 0 spiro atoms. The van der Waals surface area contributed by atoms with Crippen molar-refractivity contribution in [1.82, 2.24) is 4.98 Å². The second kappa shape index (κ2) is 6.64. The Hall–Kier alpha value is -1.45. The third-order valence-corrected chi connectivity index (χ3v) is 3.51. The number of pyridine rings is 1. The van der Waals surface area contributed by atoms with E-state index in [4.69, 9.17) is 17.3 Å². The highest BCUT2D eigenvalue weighted by Crippen LogP contribution is 2.20. The van der Waals surface area contributed by atoms with Crippen LogP contribution in [0.5, 0.6) is 0 Å². The highest BCUT2D eigenvalue weighted by molar-refractivity contribution is 6.31. The topological polar surface area (TPSA) is 38.9 Å². The van der Waals surface area contributed by atoms with Crippen molar-refractivity contribution in [3.63, 3.8) is 0 Å². The summed E-state index contributed by atoms with van der Waals surface area (Å²) in [5.74, 6) is -0.0152. The van der Waals surface area contributed by atoms with Gasteiger partial charge in [-0.15, -0.1) is 0 Å². The van der Waals surface area contributed by atoms with Gasteiger partial charge in [0.2, 0.25) is 0 Å². The molecule has 1 aromatic heterocycles. The molecular formula is C15H16ClFN2. The van der Waals surface area contributed by atoms with Crippen molar-refractivity contribution in [1.29, 1.82) is 0 Å². The van der Waals surface area contributed by atoms with E-state index in [2.05, 4.69) is 4.98 Å². The van der Waals surface area contributed by atoms with E-state index in [1.165, 1.54) is 6.07 Å². The lowest BCUT2D eigenvalue weighted by molar-refractivity contribution is 0.512. The zero-order valence-electron chi connectivity index (χ0n) is 10.5. The highest BCUT2D eigenvalue weighted by Gasteiger charge is 2.13. The number of aromatic nitrogens is 1. The summed E-state index contributed by atoms with van der Waals surface area (Å²) >= 11 is 6.08. The molecule has 1 atom stereocenters. The van der Waals surface area contributed by atoms with Crippen LogP contribution in [0.2, 0.25) is 5.02 Å². The SMILES string of the molecule is NCC(Cc1ccccc1F)Cc1ccncc1Cl. The third kappa shape index (κ3) is 3.75. The Morgan fingerprint density at radius 3 is 2.58 bits per heavy atom. The first-order valence-electron chi connectivity index (χ1n) is 6.22. The molecule has 2 nitrogen and oxygen atoms in total. The van der Waals surface area contributed by atoms with E-state index in [0.717, 1.165) is 12.0 Å². The van der Waals surface area contributed by atoms with E-state index in [1.54, 1.807) is 24.5 Å². The maximum Gasteiger partial charge on any atom is 0.126 e. The van der Waals surface area contributed by atoms with E-state index in [-0.39, 0.29) is 11.7 Å². The van der Waals surface area contributed by atoms with Gasteiger partial charge < -0.3 is 5.73 Å². The Balaban J connectivity index is 2.09. The maximum atomic E-state index is 13.6. The van der Waals surface area contributed by atoms with Crippen LogP contribution < -0.4 is 5.73 Å². The first-order valence-corrected chi connectivity index (χ1v) is 6.60. The molecule has 0 aliphatic carbocycles. The van der Waals surface area contributed by atoms with Crippen LogP contribution in [-0.2, 0) is 12.8 Å². The van der Waals surface area contributed by atoms with Gasteiger partial charge in [-0.3, -0.25) is 4.98 Å². The van der Waals surface area contributed by atoms with Gasteiger partial charge >= 0.3 is 0 Å². The molecule has 2 rings (SSSR count). The lowest BCUT2D eigenvalue weighted by Gasteiger charge is -2.16. The summed E-state index contributed by atoms with van der Waals surface area (Å²) < 4.78 is 13.6. The van der Waals surface area contributed by atoms with Gasteiger partial charge in [-0.1, -0.05) is 29.8 Å². The maximum absolute atomic E-state index is 13.6. The summed E-state index contributed by atoms with van der Waals surface area (Å²) in [4.78, 5) is 3.95. The lowest BCUT2D eigenvalue weighted by Crippen LogP contribution is -2.20. The molecule has 0 aliphatic rings. The van der Waals surface area contributed by atoms with Gasteiger partial charge in [0.1, 0.15) is 5.82 Å². The van der Waals surface area contributed by atoms with Crippen LogP contribution in [-0.4, -0.2) is 11.5 Å². The van der Waals surface area contributed by atoms with E-state index >= 15 is 0 Å². The lowest BCUT2D eigenvalue weighted by atomic mass is 9.93. The molecule has 1 aromatic carbocycles. The van der Waals surface area contributed by atoms with Crippen molar-refractivity contribution in [2.24, 2.45) is 11.7 Å². The Morgan fingerprint density at radius 2 is 1.89 bits per heavy atom. The third-order valence-electron chi connectivity index (χ3n) is 3.16. The molecule has 2 N–H and O–H groups in total. The van der Waals surface area contributed by atoms with Gasteiger partial charge in [0.25, 0.3) is 0 Å². The van der Waals surface area contributed by atoms with E-state index < -0.39 is 0 Å². The summed E-state index contributed by atoms with van der Waals surface area (Å²) in [6.45, 7) is 0.493. The fraction of sp³-hybridized carbons (Fsp3) is 0.267. The second-order valence-electron chi connectivity index (χ2n) is 4.57. The van der Waals surface area contributed by atoms with Crippen LogP contribution in [0.4, 0.5) is 4.39 Å². The van der Waals surface area contributed by atoms with Crippen LogP contribution in [0.3, 0.4) is 0 Å². The molecule has 19 heavy (non-hydrogen) atoms. The molecule has 100 valence electrons. The van der Waals surface area contributed by atoms with Gasteiger partial charge in [-0.25, -0.2) is 4.39 Å². The standard InChI is InChI=1S/C15H16ClFN2/c16-14-10-19-6-5-12(14)7-11(9-18)8-13-3-1-2-4-15(13)17/h1-6,10-11H,7-9,18H2. The van der Waals surface area contributed by atoms with Crippen molar-refractivity contribution < 1.29 is 4.39 Å². The number of nitrogens with two attached hydrogens (primary N) is 1. The van der Waals surface area contributed by atoms with Crippen LogP contribution in [0.15, 0.2) is 42.7 Å². The van der Waals surface area contributed by atoms with E-state index in [9.17, 15) is 4.39 Å². The zero-order valence-corrected chi connectivity index (χ0v) is 11.3. The predicted molar refractivity (Wildman–Crippen MR) is 75.6 cm³/mol. The summed E-state index contributed by atoms with van der Waals surface area (Å²) in [5, 5.41) is 0.634. The Kier molecular flexibility index (Phi) is 4.88. The number of hydrogen-bond acceptors (Lipinski definition) is 2. The monoisotopic (exact) mass is 278 g/mol. The van der Waals surface area contributed by atoms with Crippen LogP contribution in [0.25, 0.3) is 0 Å². The summed E-state index contributed by atoms with van der Waals surface area (Å²) in [6, 6.07) is 8.68. The number of benzene rings is 1. The average molecular weight is 279 g/mol. The molecule has 0 radical (unpaired) electrons. The fourth-order valence-corrected chi connectivity index (χ4v) is 2.29. The first kappa shape index (κ1) is 14.0. The number of rotatable bonds is 5. The van der Waals surface area contributed by atoms with Gasteiger partial charge in [-0.2, -0.15) is 0 Å². The molecular weight excluding hydrogens is 263 g/mol. The largest absolute Gasteiger partial charge is 0.330 e. The normalized spacial score (nSPS) is 12.4. The number of nitrogens with zero attached hydrogens (tertiary/aromatic N) is 1. The van der Waals surface area contributed by atoms with Gasteiger partial charge in [-0.05, 0) is 48.6 Å². The average Bonchev–Trinajstić information content (AvgIpc) is 2.42. The number of halogens is 2. The molecule has 0 saturated carbocycles. The minimum atomic E-state index is -0.179. The zero-order chi connectivity index (χ0) is 13.7. The van der Waals surface area contributed by atoms with Gasteiger partial charge in [0.05, 0.1) is 5.02 Å². The number of hydrogen-bond donors (Lipinski definition) is 1. The van der Waals surface area contributed by atoms with Gasteiger partial charge in [0, 0.05) is 12.4 Å². The van der Waals surface area contributed by atoms with Crippen molar-refractivity contribution in [3.8, 4) is 0 Å². The molecule has 0 bridgehead atoms. The summed E-state index contributed by atoms with van der Waals surface area (Å²) in [6.07, 6.45) is 4.67. The van der Waals surface area contributed by atoms with E-state index in [0.29, 0.717) is 23.6 Å². The molecule has 0 saturated heterocycles. The Bertz CT molecular complexity index is 498. The van der Waals surface area contributed by atoms with Crippen molar-refractivity contribution >= 4 is 11.6 Å². The second-order valence-corrected chi connectivity index (χ2v) is 4.98. The minimum absolute atomic E-state index is 0.164. The summed E-state index contributed by atoms with van der Waals surface area (Å²) in [5.41, 5.74) is 7.49. The smallest absolute Gasteiger partial charge is 0.126 e. The molecule has 1 heterocycles. The minimum Gasteiger partial charge on any atom is -0.330 e. The van der Waals surface area contributed by atoms with Crippen LogP contribution >= 0.6 is 11.6 Å². The molecule has 0 aliphatic heterocycles. The molecule has 1 unspecified atom stereocenters. The molecule has 0 amide bonds. The fourth-order valence-electron chi connectivity index (χ4n) is 2.09. The van der Waals surface area contributed by atoms with Gasteiger partial charge in [0.15, 0.2) is 0 Å². The first-order chi connectivity index (χ1) is 9.20. The molecule has 0 fully saturated rings. The highest BCUT2D eigenvalue weighted by atomic mass is 35.5. The van der Waals surface area contributed by atoms with Crippen LogP contribution in [0.1, 0.15) is 11.1 Å². The van der Waals surface area contributed by atoms with Crippen LogP contribution in [0, 0.1) is 11.7 Å². The van der Waals surface area contributed by atoms with Crippen molar-refractivity contribution in [2.75, 3.05) is 6.54 Å². The van der Waals surface area contributed by atoms with E-state index in [1.807, 2.05) is 12.1 Å². The summed E-state index contributed by atoms with van der Waals surface area (Å²) in [7, 11) is 0. The Morgan fingerprint density at radius 1 is 1.16 bits per heavy atom. The van der Waals surface area contributed by atoms with Crippen molar-refractivity contribution in [3.05, 3.63) is 64.7 Å². The predicted octanol–water partition coefficient (Wildman–Crippen LogP) is 3.23. The quantitative estimate of drug-likeness (QED) is 0.912. The Labute approximate surface area is 117 Å².